The third-order valence-electron chi connectivity index (χ3n) is 4.82. The Morgan fingerprint density at radius 1 is 1.22 bits per heavy atom. The average molecular weight is 365 g/mol. The van der Waals surface area contributed by atoms with E-state index >= 15 is 0 Å². The number of hydrogen-bond donors (Lipinski definition) is 3. The lowest BCUT2D eigenvalue weighted by atomic mass is 10.1. The van der Waals surface area contributed by atoms with Crippen molar-refractivity contribution in [1.82, 2.24) is 19.9 Å². The van der Waals surface area contributed by atoms with E-state index in [-0.39, 0.29) is 12.3 Å². The molecule has 2 atom stereocenters. The highest BCUT2D eigenvalue weighted by Gasteiger charge is 2.43. The first kappa shape index (κ1) is 15.8. The summed E-state index contributed by atoms with van der Waals surface area (Å²) < 4.78 is 18.5. The van der Waals surface area contributed by atoms with Crippen LogP contribution >= 0.6 is 0 Å². The summed E-state index contributed by atoms with van der Waals surface area (Å²) in [6.07, 6.45) is 2.91. The van der Waals surface area contributed by atoms with Gasteiger partial charge in [0.05, 0.1) is 13.0 Å². The lowest BCUT2D eigenvalue weighted by molar-refractivity contribution is -0.117. The zero-order chi connectivity index (χ0) is 18.5. The average Bonchev–Trinajstić information content (AvgIpc) is 3.07. The smallest absolute Gasteiger partial charge is 0.231 e. The monoisotopic (exact) mass is 365 g/mol. The number of rotatable bonds is 4. The van der Waals surface area contributed by atoms with Crippen molar-refractivity contribution in [3.05, 3.63) is 36.7 Å². The maximum Gasteiger partial charge on any atom is 0.231 e. The van der Waals surface area contributed by atoms with Crippen molar-refractivity contribution in [1.29, 1.82) is 0 Å². The summed E-state index contributed by atoms with van der Waals surface area (Å²) in [6.45, 7) is 0. The number of carbonyl (C=O) groups is 1. The van der Waals surface area contributed by atoms with Crippen molar-refractivity contribution < 1.29 is 13.9 Å². The molecular weight excluding hydrogens is 349 g/mol. The van der Waals surface area contributed by atoms with Gasteiger partial charge in [0.1, 0.15) is 23.3 Å². The summed E-state index contributed by atoms with van der Waals surface area (Å²) in [6, 6.07) is 7.53. The van der Waals surface area contributed by atoms with Gasteiger partial charge in [-0.25, -0.2) is 9.37 Å². The van der Waals surface area contributed by atoms with E-state index in [4.69, 9.17) is 4.74 Å². The molecule has 0 aromatic carbocycles. The Morgan fingerprint density at radius 3 is 2.85 bits per heavy atom. The van der Waals surface area contributed by atoms with Crippen molar-refractivity contribution in [2.24, 2.45) is 5.92 Å². The molecule has 3 N–H and O–H groups in total. The van der Waals surface area contributed by atoms with Crippen molar-refractivity contribution in [3.63, 3.8) is 0 Å². The third-order valence-corrected chi connectivity index (χ3v) is 4.82. The molecule has 4 aromatic rings. The van der Waals surface area contributed by atoms with Gasteiger partial charge in [-0.3, -0.25) is 4.79 Å². The van der Waals surface area contributed by atoms with Crippen LogP contribution in [0.4, 0.5) is 10.2 Å². The summed E-state index contributed by atoms with van der Waals surface area (Å²) in [5, 5.41) is 4.51. The number of H-pyrrole nitrogens is 2. The lowest BCUT2D eigenvalue weighted by Crippen LogP contribution is -2.15. The van der Waals surface area contributed by atoms with Crippen molar-refractivity contribution in [2.45, 2.75) is 12.6 Å². The molecular formula is C19H16FN5O2. The van der Waals surface area contributed by atoms with Gasteiger partial charge < -0.3 is 20.0 Å². The molecule has 4 heterocycles. The Hall–Kier alpha value is -3.42. The largest absolute Gasteiger partial charge is 0.480 e. The fourth-order valence-electron chi connectivity index (χ4n) is 3.26. The van der Waals surface area contributed by atoms with Gasteiger partial charge in [-0.15, -0.1) is 0 Å². The van der Waals surface area contributed by atoms with Gasteiger partial charge >= 0.3 is 0 Å². The molecule has 0 saturated heterocycles. The summed E-state index contributed by atoms with van der Waals surface area (Å²) >= 11 is 0. The number of fused-ring (bicyclic) bond motifs is 2. The minimum absolute atomic E-state index is 0.287. The number of carbonyl (C=O) groups excluding carboxylic acids is 1. The molecule has 5 rings (SSSR count). The van der Waals surface area contributed by atoms with Crippen LogP contribution in [-0.2, 0) is 4.79 Å². The van der Waals surface area contributed by atoms with Gasteiger partial charge in [-0.05, 0) is 30.7 Å². The molecule has 7 nitrogen and oxygen atoms in total. The third kappa shape index (κ3) is 2.61. The van der Waals surface area contributed by atoms with Crippen LogP contribution in [0.25, 0.3) is 33.2 Å². The fourth-order valence-corrected chi connectivity index (χ4v) is 3.26. The van der Waals surface area contributed by atoms with Gasteiger partial charge in [0.25, 0.3) is 0 Å². The van der Waals surface area contributed by atoms with Crippen LogP contribution < -0.4 is 10.1 Å². The Kier molecular flexibility index (Phi) is 3.40. The highest BCUT2D eigenvalue weighted by molar-refractivity contribution is 5.99. The number of methoxy groups -OCH3 is 1. The Balaban J connectivity index is 1.54. The van der Waals surface area contributed by atoms with Crippen LogP contribution in [0.5, 0.6) is 5.88 Å². The van der Waals surface area contributed by atoms with E-state index in [1.165, 1.54) is 0 Å². The summed E-state index contributed by atoms with van der Waals surface area (Å²) in [5.74, 6) is 0.0205. The standard InChI is InChI=1S/C19H16FN5O2/c1-27-19-11(6-9-4-5-21-16(9)25-19)13-8-22-17-10(13)2-3-15(23-17)24-18(26)12-7-14(12)20/h2-6,8,12,14H,7H2,1H3,(H,21,25)(H2,22,23,24,26). The van der Waals surface area contributed by atoms with E-state index in [1.807, 2.05) is 30.6 Å². The second kappa shape index (κ2) is 5.80. The number of ether oxygens (including phenoxy) is 1. The van der Waals surface area contributed by atoms with Crippen LogP contribution in [0.1, 0.15) is 6.42 Å². The summed E-state index contributed by atoms with van der Waals surface area (Å²) in [5.41, 5.74) is 3.11. The van der Waals surface area contributed by atoms with E-state index in [0.717, 1.165) is 27.5 Å². The van der Waals surface area contributed by atoms with E-state index in [9.17, 15) is 9.18 Å². The summed E-state index contributed by atoms with van der Waals surface area (Å²) in [7, 11) is 1.58. The first-order valence-corrected chi connectivity index (χ1v) is 8.59. The van der Waals surface area contributed by atoms with E-state index in [2.05, 4.69) is 25.3 Å². The number of anilines is 1. The number of aromatic amines is 2. The molecule has 1 aliphatic carbocycles. The molecule has 0 aliphatic heterocycles. The highest BCUT2D eigenvalue weighted by atomic mass is 19.1. The number of pyridine rings is 2. The Bertz CT molecular complexity index is 1180. The molecule has 1 amide bonds. The maximum atomic E-state index is 13.0. The number of nitrogens with zero attached hydrogens (tertiary/aromatic N) is 2. The quantitative estimate of drug-likeness (QED) is 0.516. The van der Waals surface area contributed by atoms with Crippen molar-refractivity contribution >= 4 is 33.8 Å². The molecule has 8 heteroatoms. The normalized spacial score (nSPS) is 18.7. The number of aromatic nitrogens is 4. The van der Waals surface area contributed by atoms with Crippen molar-refractivity contribution in [2.75, 3.05) is 12.4 Å². The Morgan fingerprint density at radius 2 is 2.07 bits per heavy atom. The minimum atomic E-state index is -1.03. The van der Waals surface area contributed by atoms with Gasteiger partial charge in [0, 0.05) is 34.3 Å². The van der Waals surface area contributed by atoms with Gasteiger partial charge in [-0.2, -0.15) is 4.98 Å². The van der Waals surface area contributed by atoms with Crippen LogP contribution in [0, 0.1) is 5.92 Å². The number of hydrogen-bond acceptors (Lipinski definition) is 4. The van der Waals surface area contributed by atoms with Crippen LogP contribution in [0.15, 0.2) is 36.7 Å². The number of nitrogens with one attached hydrogen (secondary N) is 3. The maximum absolute atomic E-state index is 13.0. The number of halogens is 1. The second-order valence-corrected chi connectivity index (χ2v) is 6.60. The van der Waals surface area contributed by atoms with E-state index in [0.29, 0.717) is 17.3 Å². The molecule has 0 bridgehead atoms. The highest BCUT2D eigenvalue weighted by Crippen LogP contribution is 2.37. The molecule has 1 saturated carbocycles. The SMILES string of the molecule is COc1nc2[nH]ccc2cc1-c1c[nH]c2nc(NC(=O)C3CC3F)ccc12. The number of alkyl halides is 1. The van der Waals surface area contributed by atoms with Gasteiger partial charge in [0.15, 0.2) is 0 Å². The zero-order valence-electron chi connectivity index (χ0n) is 14.4. The molecule has 0 radical (unpaired) electrons. The molecule has 136 valence electrons. The molecule has 0 spiro atoms. The predicted octanol–water partition coefficient (Wildman–Crippen LogP) is 3.41. The van der Waals surface area contributed by atoms with Crippen molar-refractivity contribution in [3.8, 4) is 17.0 Å². The zero-order valence-corrected chi connectivity index (χ0v) is 14.4. The van der Waals surface area contributed by atoms with Crippen LogP contribution in [0.3, 0.4) is 0 Å². The van der Waals surface area contributed by atoms with E-state index < -0.39 is 12.1 Å². The number of amides is 1. The van der Waals surface area contributed by atoms with Crippen LogP contribution in [-0.4, -0.2) is 39.1 Å². The van der Waals surface area contributed by atoms with Crippen LogP contribution in [0.2, 0.25) is 0 Å². The minimum Gasteiger partial charge on any atom is -0.480 e. The molecule has 27 heavy (non-hydrogen) atoms. The second-order valence-electron chi connectivity index (χ2n) is 6.60. The fraction of sp³-hybridized carbons (Fsp3) is 0.211. The van der Waals surface area contributed by atoms with Gasteiger partial charge in [0.2, 0.25) is 11.8 Å². The predicted molar refractivity (Wildman–Crippen MR) is 99.4 cm³/mol. The molecule has 1 aliphatic rings. The Labute approximate surface area is 153 Å². The first-order chi connectivity index (χ1) is 13.1. The molecule has 2 unspecified atom stereocenters. The van der Waals surface area contributed by atoms with Gasteiger partial charge in [-0.1, -0.05) is 0 Å². The summed E-state index contributed by atoms with van der Waals surface area (Å²) in [4.78, 5) is 27.0. The topological polar surface area (TPSA) is 95.7 Å². The van der Waals surface area contributed by atoms with E-state index in [1.54, 1.807) is 13.2 Å². The molecule has 4 aromatic heterocycles. The molecule has 1 fully saturated rings. The lowest BCUT2D eigenvalue weighted by Gasteiger charge is -2.07. The first-order valence-electron chi connectivity index (χ1n) is 8.59.